The second-order valence-corrected chi connectivity index (χ2v) is 6.83. The quantitative estimate of drug-likeness (QED) is 0.446. The lowest BCUT2D eigenvalue weighted by Gasteiger charge is -2.19. The van der Waals surface area contributed by atoms with Crippen molar-refractivity contribution < 1.29 is 14.3 Å². The molecule has 0 unspecified atom stereocenters. The first-order chi connectivity index (χ1) is 14.8. The van der Waals surface area contributed by atoms with E-state index in [1.54, 1.807) is 0 Å². The third-order valence-electron chi connectivity index (χ3n) is 4.80. The minimum Gasteiger partial charge on any atom is -0.456 e. The lowest BCUT2D eigenvalue weighted by atomic mass is 10.0. The number of benzene rings is 3. The van der Waals surface area contributed by atoms with Gasteiger partial charge in [0.25, 0.3) is 0 Å². The minimum absolute atomic E-state index is 0.263. The van der Waals surface area contributed by atoms with Crippen molar-refractivity contribution >= 4 is 23.4 Å². The van der Waals surface area contributed by atoms with Crippen LogP contribution in [0.5, 0.6) is 0 Å². The molecule has 3 aromatic rings. The predicted molar refractivity (Wildman–Crippen MR) is 116 cm³/mol. The maximum Gasteiger partial charge on any atom is 0.364 e. The highest BCUT2D eigenvalue weighted by atomic mass is 16.6. The molecule has 0 radical (unpaired) electrons. The number of cyclic esters (lactones) is 1. The molecule has 4 nitrogen and oxygen atoms in total. The SMILES string of the molecule is O=C1OC(c2ccccc2)=NC1=C1C=C(c2ccccc2)OC(c2ccccc2)=C1. The topological polar surface area (TPSA) is 47.9 Å². The van der Waals surface area contributed by atoms with Gasteiger partial charge in [-0.1, -0.05) is 78.9 Å². The van der Waals surface area contributed by atoms with Gasteiger partial charge in [-0.15, -0.1) is 0 Å². The summed E-state index contributed by atoms with van der Waals surface area (Å²) in [4.78, 5) is 17.1. The first kappa shape index (κ1) is 17.9. The van der Waals surface area contributed by atoms with E-state index in [2.05, 4.69) is 4.99 Å². The van der Waals surface area contributed by atoms with Gasteiger partial charge in [0.15, 0.2) is 5.70 Å². The summed E-state index contributed by atoms with van der Waals surface area (Å²) in [5.74, 6) is 1.13. The summed E-state index contributed by atoms with van der Waals surface area (Å²) in [7, 11) is 0. The Kier molecular flexibility index (Phi) is 4.58. The van der Waals surface area contributed by atoms with Crippen molar-refractivity contribution in [2.75, 3.05) is 0 Å². The zero-order valence-electron chi connectivity index (χ0n) is 16.0. The van der Waals surface area contributed by atoms with Crippen LogP contribution >= 0.6 is 0 Å². The Labute approximate surface area is 174 Å². The molecule has 0 saturated heterocycles. The summed E-state index contributed by atoms with van der Waals surface area (Å²) >= 11 is 0. The molecule has 0 aliphatic carbocycles. The van der Waals surface area contributed by atoms with Crippen molar-refractivity contribution in [1.82, 2.24) is 0 Å². The fourth-order valence-corrected chi connectivity index (χ4v) is 3.32. The van der Waals surface area contributed by atoms with Gasteiger partial charge in [0.2, 0.25) is 5.90 Å². The van der Waals surface area contributed by atoms with Crippen molar-refractivity contribution in [3.8, 4) is 0 Å². The lowest BCUT2D eigenvalue weighted by molar-refractivity contribution is -0.130. The van der Waals surface area contributed by atoms with Crippen molar-refractivity contribution in [2.45, 2.75) is 0 Å². The van der Waals surface area contributed by atoms with Crippen LogP contribution in [-0.4, -0.2) is 11.9 Å². The summed E-state index contributed by atoms with van der Waals surface area (Å²) in [6.07, 6.45) is 3.66. The number of hydrogen-bond donors (Lipinski definition) is 0. The van der Waals surface area contributed by atoms with E-state index < -0.39 is 5.97 Å². The molecule has 0 amide bonds. The van der Waals surface area contributed by atoms with Crippen LogP contribution in [0.4, 0.5) is 0 Å². The van der Waals surface area contributed by atoms with Gasteiger partial charge >= 0.3 is 5.97 Å². The van der Waals surface area contributed by atoms with Crippen molar-refractivity contribution in [2.24, 2.45) is 4.99 Å². The Morgan fingerprint density at radius 3 is 1.53 bits per heavy atom. The molecule has 3 aromatic carbocycles. The predicted octanol–water partition coefficient (Wildman–Crippen LogP) is 5.36. The van der Waals surface area contributed by atoms with Gasteiger partial charge in [0.05, 0.1) is 0 Å². The smallest absolute Gasteiger partial charge is 0.364 e. The van der Waals surface area contributed by atoms with Crippen LogP contribution in [0.1, 0.15) is 16.7 Å². The molecule has 144 valence electrons. The number of esters is 1. The Morgan fingerprint density at radius 1 is 0.567 bits per heavy atom. The first-order valence-corrected chi connectivity index (χ1v) is 9.60. The molecule has 4 heteroatoms. The van der Waals surface area contributed by atoms with Crippen molar-refractivity contribution in [3.05, 3.63) is 131 Å². The van der Waals surface area contributed by atoms with Crippen molar-refractivity contribution in [1.29, 1.82) is 0 Å². The van der Waals surface area contributed by atoms with Crippen LogP contribution < -0.4 is 0 Å². The van der Waals surface area contributed by atoms with Crippen LogP contribution in [0.25, 0.3) is 11.5 Å². The molecule has 0 spiro atoms. The summed E-state index contributed by atoms with van der Waals surface area (Å²) in [6, 6.07) is 28.9. The summed E-state index contributed by atoms with van der Waals surface area (Å²) < 4.78 is 11.6. The number of rotatable bonds is 3. The number of ether oxygens (including phenoxy) is 2. The maximum absolute atomic E-state index is 12.6. The van der Waals surface area contributed by atoms with Crippen LogP contribution in [0.2, 0.25) is 0 Å². The third kappa shape index (κ3) is 3.47. The Hall–Kier alpha value is -4.18. The molecule has 0 aromatic heterocycles. The van der Waals surface area contributed by atoms with Crippen LogP contribution in [0.15, 0.2) is 119 Å². The molecule has 30 heavy (non-hydrogen) atoms. The van der Waals surface area contributed by atoms with E-state index >= 15 is 0 Å². The van der Waals surface area contributed by atoms with Gasteiger partial charge in [-0.2, -0.15) is 0 Å². The fourth-order valence-electron chi connectivity index (χ4n) is 3.32. The molecule has 0 N–H and O–H groups in total. The molecule has 2 aliphatic heterocycles. The van der Waals surface area contributed by atoms with E-state index in [4.69, 9.17) is 9.47 Å². The molecule has 0 bridgehead atoms. The highest BCUT2D eigenvalue weighted by Crippen LogP contribution is 2.34. The molecule has 2 aliphatic rings. The molecular weight excluding hydrogens is 374 g/mol. The second kappa shape index (κ2) is 7.68. The van der Waals surface area contributed by atoms with E-state index in [0.717, 1.165) is 16.7 Å². The molecule has 0 saturated carbocycles. The van der Waals surface area contributed by atoms with E-state index in [9.17, 15) is 4.79 Å². The highest BCUT2D eigenvalue weighted by Gasteiger charge is 2.28. The van der Waals surface area contributed by atoms with Gasteiger partial charge in [-0.3, -0.25) is 0 Å². The van der Waals surface area contributed by atoms with Crippen LogP contribution in [0.3, 0.4) is 0 Å². The normalized spacial score (nSPS) is 15.7. The van der Waals surface area contributed by atoms with Gasteiger partial charge < -0.3 is 9.47 Å². The number of carbonyl (C=O) groups is 1. The summed E-state index contributed by atoms with van der Waals surface area (Å²) in [5.41, 5.74) is 3.49. The monoisotopic (exact) mass is 391 g/mol. The largest absolute Gasteiger partial charge is 0.456 e. The molecule has 0 atom stereocenters. The number of carbonyl (C=O) groups excluding carboxylic acids is 1. The first-order valence-electron chi connectivity index (χ1n) is 9.60. The highest BCUT2D eigenvalue weighted by molar-refractivity contribution is 6.12. The Balaban J connectivity index is 1.64. The van der Waals surface area contributed by atoms with Crippen LogP contribution in [-0.2, 0) is 14.3 Å². The zero-order chi connectivity index (χ0) is 20.3. The number of allylic oxidation sites excluding steroid dienone is 3. The van der Waals surface area contributed by atoms with Gasteiger partial charge in [0, 0.05) is 22.3 Å². The average molecular weight is 391 g/mol. The standard InChI is InChI=1S/C26H17NO3/c28-26-24(27-25(30-26)20-14-8-3-9-15-20)21-16-22(18-10-4-1-5-11-18)29-23(17-21)19-12-6-2-7-13-19/h1-17H. The Morgan fingerprint density at radius 2 is 1.03 bits per heavy atom. The Bertz CT molecular complexity index is 1160. The van der Waals surface area contributed by atoms with E-state index in [0.29, 0.717) is 23.0 Å². The zero-order valence-corrected chi connectivity index (χ0v) is 16.0. The van der Waals surface area contributed by atoms with E-state index in [1.165, 1.54) is 0 Å². The lowest BCUT2D eigenvalue weighted by Crippen LogP contribution is -2.07. The minimum atomic E-state index is -0.474. The number of nitrogens with zero attached hydrogens (tertiary/aromatic N) is 1. The van der Waals surface area contributed by atoms with E-state index in [-0.39, 0.29) is 5.70 Å². The number of hydrogen-bond acceptors (Lipinski definition) is 4. The van der Waals surface area contributed by atoms with Crippen LogP contribution in [0, 0.1) is 0 Å². The maximum atomic E-state index is 12.6. The summed E-state index contributed by atoms with van der Waals surface area (Å²) in [5, 5.41) is 0. The second-order valence-electron chi connectivity index (χ2n) is 6.83. The van der Waals surface area contributed by atoms with Crippen molar-refractivity contribution in [3.63, 3.8) is 0 Å². The number of aliphatic imine (C=N–C) groups is 1. The molecule has 5 rings (SSSR count). The molecule has 2 heterocycles. The van der Waals surface area contributed by atoms with Gasteiger partial charge in [-0.05, 0) is 24.3 Å². The molecular formula is C26H17NO3. The average Bonchev–Trinajstić information content (AvgIpc) is 3.22. The fraction of sp³-hybridized carbons (Fsp3) is 0. The van der Waals surface area contributed by atoms with Gasteiger partial charge in [-0.25, -0.2) is 9.79 Å². The van der Waals surface area contributed by atoms with E-state index in [1.807, 2.05) is 103 Å². The third-order valence-corrected chi connectivity index (χ3v) is 4.80. The molecule has 0 fully saturated rings. The van der Waals surface area contributed by atoms with Gasteiger partial charge in [0.1, 0.15) is 11.5 Å². The summed E-state index contributed by atoms with van der Waals surface area (Å²) in [6.45, 7) is 0.